The molecule has 1 saturated heterocycles. The molecule has 1 unspecified atom stereocenters. The average molecular weight is 408 g/mol. The molecule has 0 saturated carbocycles. The quantitative estimate of drug-likeness (QED) is 0.794. The van der Waals surface area contributed by atoms with Gasteiger partial charge in [-0.1, -0.05) is 37.3 Å². The fourth-order valence-corrected chi connectivity index (χ4v) is 4.38. The summed E-state index contributed by atoms with van der Waals surface area (Å²) in [7, 11) is 0. The molecule has 158 valence electrons. The van der Waals surface area contributed by atoms with Gasteiger partial charge in [-0.3, -0.25) is 14.5 Å². The minimum atomic E-state index is -0.159. The van der Waals surface area contributed by atoms with Gasteiger partial charge in [0.1, 0.15) is 0 Å². The lowest BCUT2D eigenvalue weighted by Crippen LogP contribution is -2.45. The summed E-state index contributed by atoms with van der Waals surface area (Å²) in [6.07, 6.45) is 5.39. The maximum Gasteiger partial charge on any atom is 0.257 e. The van der Waals surface area contributed by atoms with Crippen LogP contribution < -0.4 is 5.32 Å². The van der Waals surface area contributed by atoms with Crippen LogP contribution in [0.3, 0.4) is 0 Å². The molecule has 1 fully saturated rings. The summed E-state index contributed by atoms with van der Waals surface area (Å²) in [6.45, 7) is 5.54. The lowest BCUT2D eigenvalue weighted by Gasteiger charge is -2.24. The zero-order valence-corrected chi connectivity index (χ0v) is 17.5. The first-order valence-corrected chi connectivity index (χ1v) is 10.9. The van der Waals surface area contributed by atoms with Gasteiger partial charge in [0, 0.05) is 30.9 Å². The zero-order valence-electron chi connectivity index (χ0n) is 17.5. The highest BCUT2D eigenvalue weighted by Crippen LogP contribution is 2.21. The van der Waals surface area contributed by atoms with Crippen LogP contribution in [-0.4, -0.2) is 70.3 Å². The molecule has 2 amide bonds. The number of aromatic nitrogens is 2. The van der Waals surface area contributed by atoms with Crippen molar-refractivity contribution in [2.45, 2.75) is 38.6 Å². The Hall–Kier alpha value is -2.80. The Morgan fingerprint density at radius 2 is 2.03 bits per heavy atom. The van der Waals surface area contributed by atoms with Crippen molar-refractivity contribution >= 4 is 11.8 Å². The lowest BCUT2D eigenvalue weighted by molar-refractivity contribution is -0.122. The Balaban J connectivity index is 1.40. The highest BCUT2D eigenvalue weighted by molar-refractivity contribution is 5.97. The van der Waals surface area contributed by atoms with Crippen molar-refractivity contribution in [1.29, 1.82) is 0 Å². The number of nitrogens with zero attached hydrogens (tertiary/aromatic N) is 4. The fraction of sp³-hybridized carbons (Fsp3) is 0.478. The van der Waals surface area contributed by atoms with Crippen molar-refractivity contribution in [3.63, 3.8) is 0 Å². The molecule has 1 aromatic carbocycles. The number of likely N-dealkylation sites (N-methyl/N-ethyl adjacent to an activating group) is 1. The van der Waals surface area contributed by atoms with Crippen LogP contribution in [0.5, 0.6) is 0 Å². The first-order valence-electron chi connectivity index (χ1n) is 10.9. The summed E-state index contributed by atoms with van der Waals surface area (Å²) in [4.78, 5) is 38.6. The van der Waals surface area contributed by atoms with Gasteiger partial charge >= 0.3 is 0 Å². The van der Waals surface area contributed by atoms with Gasteiger partial charge in [0.25, 0.3) is 5.91 Å². The molecule has 2 aliphatic heterocycles. The standard InChI is InChI=1S/C23H29N5O2/c1-2-27-12-6-10-18(27)14-24-21(29)16-28-13-7-11-20-19(23(28)30)15-25-22(26-20)17-8-4-3-5-9-17/h3-5,8-9,15,18H,2,6-7,10-14,16H2,1H3,(H,24,29). The number of likely N-dealkylation sites (tertiary alicyclic amines) is 1. The third-order valence-electron chi connectivity index (χ3n) is 6.03. The minimum absolute atomic E-state index is 0.0809. The predicted octanol–water partition coefficient (Wildman–Crippen LogP) is 2.13. The monoisotopic (exact) mass is 407 g/mol. The maximum atomic E-state index is 13.0. The number of benzene rings is 1. The van der Waals surface area contributed by atoms with Crippen molar-refractivity contribution in [3.8, 4) is 11.4 Å². The molecular weight excluding hydrogens is 378 g/mol. The highest BCUT2D eigenvalue weighted by atomic mass is 16.2. The van der Waals surface area contributed by atoms with E-state index in [9.17, 15) is 9.59 Å². The number of fused-ring (bicyclic) bond motifs is 1. The summed E-state index contributed by atoms with van der Waals surface area (Å²) in [5, 5.41) is 3.03. The van der Waals surface area contributed by atoms with Crippen LogP contribution in [0.4, 0.5) is 0 Å². The van der Waals surface area contributed by atoms with E-state index in [-0.39, 0.29) is 18.4 Å². The van der Waals surface area contributed by atoms with Gasteiger partial charge < -0.3 is 10.2 Å². The molecule has 7 heteroatoms. The second kappa shape index (κ2) is 9.34. The molecule has 2 aliphatic rings. The van der Waals surface area contributed by atoms with Gasteiger partial charge in [0.15, 0.2) is 5.82 Å². The minimum Gasteiger partial charge on any atom is -0.353 e. The van der Waals surface area contributed by atoms with Crippen molar-refractivity contribution in [2.24, 2.45) is 0 Å². The first kappa shape index (κ1) is 20.5. The molecule has 0 aliphatic carbocycles. The summed E-state index contributed by atoms with van der Waals surface area (Å²) < 4.78 is 0. The molecule has 0 bridgehead atoms. The van der Waals surface area contributed by atoms with Crippen LogP contribution in [0, 0.1) is 0 Å². The number of nitrogens with one attached hydrogen (secondary N) is 1. The Morgan fingerprint density at radius 3 is 2.83 bits per heavy atom. The third-order valence-corrected chi connectivity index (χ3v) is 6.03. The van der Waals surface area contributed by atoms with Crippen LogP contribution in [0.25, 0.3) is 11.4 Å². The van der Waals surface area contributed by atoms with E-state index < -0.39 is 0 Å². The van der Waals surface area contributed by atoms with E-state index in [2.05, 4.69) is 27.1 Å². The van der Waals surface area contributed by atoms with E-state index in [0.717, 1.165) is 37.2 Å². The maximum absolute atomic E-state index is 13.0. The zero-order chi connectivity index (χ0) is 20.9. The van der Waals surface area contributed by atoms with E-state index >= 15 is 0 Å². The summed E-state index contributed by atoms with van der Waals surface area (Å²) in [5.41, 5.74) is 2.20. The Morgan fingerprint density at radius 1 is 1.20 bits per heavy atom. The Labute approximate surface area is 177 Å². The van der Waals surface area contributed by atoms with Gasteiger partial charge in [0.05, 0.1) is 17.8 Å². The van der Waals surface area contributed by atoms with Crippen molar-refractivity contribution in [1.82, 2.24) is 25.1 Å². The molecule has 2 aromatic rings. The molecule has 1 aromatic heterocycles. The normalized spacial score (nSPS) is 19.4. The molecule has 3 heterocycles. The Bertz CT molecular complexity index is 902. The fourth-order valence-electron chi connectivity index (χ4n) is 4.38. The highest BCUT2D eigenvalue weighted by Gasteiger charge is 2.27. The number of rotatable bonds is 6. The van der Waals surface area contributed by atoms with Crippen molar-refractivity contribution < 1.29 is 9.59 Å². The van der Waals surface area contributed by atoms with Crippen molar-refractivity contribution in [2.75, 3.05) is 32.7 Å². The van der Waals surface area contributed by atoms with Crippen LogP contribution in [0.2, 0.25) is 0 Å². The molecule has 1 N–H and O–H groups in total. The van der Waals surface area contributed by atoms with Crippen LogP contribution in [-0.2, 0) is 11.2 Å². The number of aryl methyl sites for hydroxylation is 1. The largest absolute Gasteiger partial charge is 0.353 e. The molecule has 30 heavy (non-hydrogen) atoms. The number of carbonyl (C=O) groups is 2. The number of carbonyl (C=O) groups excluding carboxylic acids is 2. The number of hydrogen-bond acceptors (Lipinski definition) is 5. The van der Waals surface area contributed by atoms with Crippen LogP contribution >= 0.6 is 0 Å². The molecule has 1 atom stereocenters. The van der Waals surface area contributed by atoms with Crippen molar-refractivity contribution in [3.05, 3.63) is 47.8 Å². The SMILES string of the molecule is CCN1CCCC1CNC(=O)CN1CCCc2nc(-c3ccccc3)ncc2C1=O. The van der Waals surface area contributed by atoms with Gasteiger partial charge in [-0.15, -0.1) is 0 Å². The lowest BCUT2D eigenvalue weighted by atomic mass is 10.1. The summed E-state index contributed by atoms with van der Waals surface area (Å²) in [5.74, 6) is 0.371. The van der Waals surface area contributed by atoms with Crippen LogP contribution in [0.15, 0.2) is 36.5 Å². The first-order chi connectivity index (χ1) is 14.7. The smallest absolute Gasteiger partial charge is 0.257 e. The average Bonchev–Trinajstić information content (AvgIpc) is 3.18. The topological polar surface area (TPSA) is 78.4 Å². The molecule has 0 radical (unpaired) electrons. The summed E-state index contributed by atoms with van der Waals surface area (Å²) in [6, 6.07) is 10.2. The predicted molar refractivity (Wildman–Crippen MR) is 115 cm³/mol. The van der Waals surface area contributed by atoms with E-state index in [1.165, 1.54) is 6.42 Å². The summed E-state index contributed by atoms with van der Waals surface area (Å²) >= 11 is 0. The third kappa shape index (κ3) is 4.51. The second-order valence-corrected chi connectivity index (χ2v) is 7.98. The number of hydrogen-bond donors (Lipinski definition) is 1. The molecular formula is C23H29N5O2. The molecule has 7 nitrogen and oxygen atoms in total. The van der Waals surface area contributed by atoms with E-state index in [0.29, 0.717) is 36.9 Å². The van der Waals surface area contributed by atoms with E-state index in [1.807, 2.05) is 30.3 Å². The second-order valence-electron chi connectivity index (χ2n) is 7.98. The van der Waals surface area contributed by atoms with Gasteiger partial charge in [-0.05, 0) is 38.8 Å². The van der Waals surface area contributed by atoms with Gasteiger partial charge in [0.2, 0.25) is 5.91 Å². The molecule has 4 rings (SSSR count). The number of amides is 2. The van der Waals surface area contributed by atoms with E-state index in [1.54, 1.807) is 11.1 Å². The van der Waals surface area contributed by atoms with Gasteiger partial charge in [-0.25, -0.2) is 9.97 Å². The Kier molecular flexibility index (Phi) is 6.38. The van der Waals surface area contributed by atoms with Gasteiger partial charge in [-0.2, -0.15) is 0 Å². The van der Waals surface area contributed by atoms with Crippen LogP contribution in [0.1, 0.15) is 42.2 Å². The molecule has 0 spiro atoms. The van der Waals surface area contributed by atoms with E-state index in [4.69, 9.17) is 0 Å².